The molecule has 1 N–H and O–H groups in total. The molecule has 1 spiro atoms. The number of halogens is 1. The molecule has 1 saturated carbocycles. The Morgan fingerprint density at radius 1 is 1.15 bits per heavy atom. The van der Waals surface area contributed by atoms with Crippen molar-refractivity contribution in [1.29, 1.82) is 0 Å². The van der Waals surface area contributed by atoms with Gasteiger partial charge >= 0.3 is 0 Å². The van der Waals surface area contributed by atoms with Crippen LogP contribution in [0, 0.1) is 18.2 Å². The molecule has 142 valence electrons. The molecule has 26 heavy (non-hydrogen) atoms. The summed E-state index contributed by atoms with van der Waals surface area (Å²) in [6.07, 6.45) is 6.04. The topological polar surface area (TPSA) is 43.8 Å². The Morgan fingerprint density at radius 3 is 2.69 bits per heavy atom. The zero-order valence-corrected chi connectivity index (χ0v) is 15.6. The molecule has 2 aliphatic heterocycles. The molecular weight excluding hydrogens is 331 g/mol. The van der Waals surface area contributed by atoms with Gasteiger partial charge in [-0.3, -0.25) is 4.79 Å². The number of benzene rings is 1. The number of aliphatic hydroxyl groups is 1. The number of aryl methyl sites for hydroxylation is 1. The maximum Gasteiger partial charge on any atom is 0.230 e. The molecule has 4 nitrogen and oxygen atoms in total. The predicted molar refractivity (Wildman–Crippen MR) is 99.6 cm³/mol. The highest BCUT2D eigenvalue weighted by Crippen LogP contribution is 2.43. The Hall–Kier alpha value is -1.62. The van der Waals surface area contributed by atoms with Crippen LogP contribution in [0.4, 0.5) is 10.1 Å². The third kappa shape index (κ3) is 3.11. The van der Waals surface area contributed by atoms with Gasteiger partial charge in [0.1, 0.15) is 5.82 Å². The standard InChI is InChI=1S/C21H29FN2O2/c1-15-3-4-16(22)13-19(15)23-11-2-9-21(14-23)10-12-24(20(21)26)17-5-7-18(25)8-6-17/h3-4,13,17-18,25H,2,5-12,14H2,1H3. The average molecular weight is 360 g/mol. The largest absolute Gasteiger partial charge is 0.393 e. The van der Waals surface area contributed by atoms with Gasteiger partial charge in [-0.1, -0.05) is 6.07 Å². The summed E-state index contributed by atoms with van der Waals surface area (Å²) in [4.78, 5) is 17.7. The van der Waals surface area contributed by atoms with Crippen LogP contribution in [0.25, 0.3) is 0 Å². The minimum Gasteiger partial charge on any atom is -0.393 e. The van der Waals surface area contributed by atoms with Crippen molar-refractivity contribution < 1.29 is 14.3 Å². The molecule has 0 aromatic heterocycles. The number of amides is 1. The fourth-order valence-corrected chi connectivity index (χ4v) is 5.21. The molecule has 1 unspecified atom stereocenters. The van der Waals surface area contributed by atoms with Crippen molar-refractivity contribution in [1.82, 2.24) is 4.90 Å². The number of likely N-dealkylation sites (tertiary alicyclic amines) is 1. The molecule has 5 heteroatoms. The lowest BCUT2D eigenvalue weighted by atomic mass is 9.78. The number of nitrogens with zero attached hydrogens (tertiary/aromatic N) is 2. The number of anilines is 1. The van der Waals surface area contributed by atoms with Crippen molar-refractivity contribution >= 4 is 11.6 Å². The summed E-state index contributed by atoms with van der Waals surface area (Å²) in [6.45, 7) is 4.42. The van der Waals surface area contributed by atoms with Crippen LogP contribution >= 0.6 is 0 Å². The van der Waals surface area contributed by atoms with Gasteiger partial charge in [0.2, 0.25) is 5.91 Å². The zero-order chi connectivity index (χ0) is 18.3. The monoisotopic (exact) mass is 360 g/mol. The van der Waals surface area contributed by atoms with Crippen LogP contribution in [0.2, 0.25) is 0 Å². The fraction of sp³-hybridized carbons (Fsp3) is 0.667. The van der Waals surface area contributed by atoms with Gasteiger partial charge in [0.05, 0.1) is 11.5 Å². The molecule has 0 radical (unpaired) electrons. The molecule has 1 amide bonds. The number of hydrogen-bond acceptors (Lipinski definition) is 3. The van der Waals surface area contributed by atoms with Crippen molar-refractivity contribution in [2.45, 2.75) is 64.0 Å². The first kappa shape index (κ1) is 17.8. The van der Waals surface area contributed by atoms with Crippen LogP contribution in [0.3, 0.4) is 0 Å². The van der Waals surface area contributed by atoms with E-state index < -0.39 is 0 Å². The van der Waals surface area contributed by atoms with E-state index in [4.69, 9.17) is 0 Å². The third-order valence-electron chi connectivity index (χ3n) is 6.74. The molecule has 1 atom stereocenters. The van der Waals surface area contributed by atoms with Gasteiger partial charge < -0.3 is 14.9 Å². The first-order valence-electron chi connectivity index (χ1n) is 9.99. The molecule has 4 rings (SSSR count). The number of carbonyl (C=O) groups excluding carboxylic acids is 1. The van der Waals surface area contributed by atoms with E-state index in [2.05, 4.69) is 9.80 Å². The lowest BCUT2D eigenvalue weighted by Gasteiger charge is -2.42. The van der Waals surface area contributed by atoms with E-state index in [0.717, 1.165) is 69.3 Å². The average Bonchev–Trinajstić information content (AvgIpc) is 2.94. The Morgan fingerprint density at radius 2 is 1.92 bits per heavy atom. The first-order valence-corrected chi connectivity index (χ1v) is 9.99. The van der Waals surface area contributed by atoms with E-state index in [1.165, 1.54) is 6.07 Å². The molecule has 2 saturated heterocycles. The summed E-state index contributed by atoms with van der Waals surface area (Å²) in [5.74, 6) is 0.0722. The summed E-state index contributed by atoms with van der Waals surface area (Å²) in [5.41, 5.74) is 1.68. The van der Waals surface area contributed by atoms with Crippen molar-refractivity contribution in [3.05, 3.63) is 29.6 Å². The molecule has 3 aliphatic rings. The van der Waals surface area contributed by atoms with E-state index in [1.54, 1.807) is 6.07 Å². The fourth-order valence-electron chi connectivity index (χ4n) is 5.21. The number of hydrogen-bond donors (Lipinski definition) is 1. The minimum absolute atomic E-state index is 0.195. The minimum atomic E-state index is -0.312. The van der Waals surface area contributed by atoms with Gasteiger partial charge in [-0.05, 0) is 69.6 Å². The van der Waals surface area contributed by atoms with Crippen molar-refractivity contribution in [3.63, 3.8) is 0 Å². The number of carbonyl (C=O) groups is 1. The summed E-state index contributed by atoms with van der Waals surface area (Å²) < 4.78 is 13.8. The van der Waals surface area contributed by atoms with Crippen LogP contribution in [-0.4, -0.2) is 47.7 Å². The Kier molecular flexibility index (Phi) is 4.68. The number of piperidine rings is 1. The maximum atomic E-state index is 13.8. The Bertz CT molecular complexity index is 687. The quantitative estimate of drug-likeness (QED) is 0.880. The van der Waals surface area contributed by atoms with Gasteiger partial charge in [0, 0.05) is 31.4 Å². The van der Waals surface area contributed by atoms with Crippen LogP contribution < -0.4 is 4.90 Å². The van der Waals surface area contributed by atoms with Crippen LogP contribution in [0.5, 0.6) is 0 Å². The molecule has 0 bridgehead atoms. The first-order chi connectivity index (χ1) is 12.5. The van der Waals surface area contributed by atoms with Gasteiger partial charge in [-0.25, -0.2) is 4.39 Å². The number of rotatable bonds is 2. The molecule has 2 heterocycles. The number of aliphatic hydroxyl groups excluding tert-OH is 1. The normalized spacial score (nSPS) is 32.5. The summed E-state index contributed by atoms with van der Waals surface area (Å²) in [5, 5.41) is 9.75. The van der Waals surface area contributed by atoms with Crippen LogP contribution in [-0.2, 0) is 4.79 Å². The smallest absolute Gasteiger partial charge is 0.230 e. The zero-order valence-electron chi connectivity index (χ0n) is 15.6. The SMILES string of the molecule is Cc1ccc(F)cc1N1CCCC2(CCN(C3CCC(O)CC3)C2=O)C1. The van der Waals surface area contributed by atoms with Crippen molar-refractivity contribution in [2.24, 2.45) is 5.41 Å². The van der Waals surface area contributed by atoms with Crippen LogP contribution in [0.1, 0.15) is 50.5 Å². The van der Waals surface area contributed by atoms with E-state index in [-0.39, 0.29) is 29.3 Å². The Balaban J connectivity index is 1.51. The highest BCUT2D eigenvalue weighted by atomic mass is 19.1. The molecule has 1 aromatic carbocycles. The van der Waals surface area contributed by atoms with Gasteiger partial charge in [-0.2, -0.15) is 0 Å². The second-order valence-corrected chi connectivity index (χ2v) is 8.45. The van der Waals surface area contributed by atoms with Gasteiger partial charge in [0.15, 0.2) is 0 Å². The molecule has 1 aliphatic carbocycles. The summed E-state index contributed by atoms with van der Waals surface area (Å²) in [6, 6.07) is 5.21. The molecule has 1 aromatic rings. The highest BCUT2D eigenvalue weighted by molar-refractivity contribution is 5.86. The predicted octanol–water partition coefficient (Wildman–Crippen LogP) is 3.26. The van der Waals surface area contributed by atoms with Crippen molar-refractivity contribution in [3.8, 4) is 0 Å². The van der Waals surface area contributed by atoms with E-state index >= 15 is 0 Å². The Labute approximate surface area is 155 Å². The summed E-state index contributed by atoms with van der Waals surface area (Å²) in [7, 11) is 0. The van der Waals surface area contributed by atoms with E-state index in [9.17, 15) is 14.3 Å². The molecular formula is C21H29FN2O2. The van der Waals surface area contributed by atoms with Gasteiger partial charge in [-0.15, -0.1) is 0 Å². The lowest BCUT2D eigenvalue weighted by Crippen LogP contribution is -2.50. The van der Waals surface area contributed by atoms with Crippen LogP contribution in [0.15, 0.2) is 18.2 Å². The lowest BCUT2D eigenvalue weighted by molar-refractivity contribution is -0.139. The summed E-state index contributed by atoms with van der Waals surface area (Å²) >= 11 is 0. The maximum absolute atomic E-state index is 13.8. The third-order valence-corrected chi connectivity index (χ3v) is 6.74. The van der Waals surface area contributed by atoms with E-state index in [1.807, 2.05) is 13.0 Å². The molecule has 3 fully saturated rings. The van der Waals surface area contributed by atoms with Crippen molar-refractivity contribution in [2.75, 3.05) is 24.5 Å². The van der Waals surface area contributed by atoms with E-state index in [0.29, 0.717) is 6.54 Å². The highest BCUT2D eigenvalue weighted by Gasteiger charge is 2.50. The second kappa shape index (κ2) is 6.84. The van der Waals surface area contributed by atoms with Gasteiger partial charge in [0.25, 0.3) is 0 Å². The second-order valence-electron chi connectivity index (χ2n) is 8.45.